The first kappa shape index (κ1) is 23.1. The van der Waals surface area contributed by atoms with Gasteiger partial charge in [-0.1, -0.05) is 30.9 Å². The standard InChI is InChI=1S/C22H28N2O6/c1-6-14-29-19(27)22(5)15-23(20(28)30-21(2,3)4)12-13-24(18(22)26)17(25)16-10-8-7-9-11-16/h6-11H,1,12-15H2,2-5H3. The third kappa shape index (κ3) is 5.25. The number of hydrogen-bond donors (Lipinski definition) is 0. The lowest BCUT2D eigenvalue weighted by molar-refractivity contribution is -0.161. The van der Waals surface area contributed by atoms with Crippen molar-refractivity contribution < 1.29 is 28.7 Å². The lowest BCUT2D eigenvalue weighted by Gasteiger charge is -2.31. The van der Waals surface area contributed by atoms with Crippen molar-refractivity contribution in [1.29, 1.82) is 0 Å². The molecule has 0 N–H and O–H groups in total. The summed E-state index contributed by atoms with van der Waals surface area (Å²) >= 11 is 0. The first-order valence-corrected chi connectivity index (χ1v) is 9.67. The van der Waals surface area contributed by atoms with Gasteiger partial charge < -0.3 is 14.4 Å². The maximum atomic E-state index is 13.3. The van der Waals surface area contributed by atoms with E-state index in [9.17, 15) is 19.2 Å². The molecule has 0 spiro atoms. The number of imide groups is 1. The highest BCUT2D eigenvalue weighted by molar-refractivity contribution is 6.12. The summed E-state index contributed by atoms with van der Waals surface area (Å²) in [6.07, 6.45) is 0.702. The molecule has 1 aromatic carbocycles. The minimum Gasteiger partial charge on any atom is -0.461 e. The number of carbonyl (C=O) groups is 4. The zero-order valence-corrected chi connectivity index (χ0v) is 17.8. The van der Waals surface area contributed by atoms with Crippen LogP contribution in [0, 0.1) is 5.41 Å². The quantitative estimate of drug-likeness (QED) is 0.324. The minimum absolute atomic E-state index is 0.0313. The fourth-order valence-corrected chi connectivity index (χ4v) is 3.01. The molecule has 0 radical (unpaired) electrons. The van der Waals surface area contributed by atoms with Crippen LogP contribution in [0.3, 0.4) is 0 Å². The number of rotatable bonds is 4. The zero-order chi connectivity index (χ0) is 22.5. The van der Waals surface area contributed by atoms with Crippen LogP contribution in [-0.4, -0.2) is 65.5 Å². The first-order valence-electron chi connectivity index (χ1n) is 9.67. The van der Waals surface area contributed by atoms with E-state index in [1.54, 1.807) is 51.1 Å². The van der Waals surface area contributed by atoms with E-state index < -0.39 is 34.9 Å². The molecule has 1 aromatic rings. The zero-order valence-electron chi connectivity index (χ0n) is 17.8. The Bertz CT molecular complexity index is 830. The number of benzene rings is 1. The van der Waals surface area contributed by atoms with Crippen LogP contribution in [0.25, 0.3) is 0 Å². The molecule has 1 unspecified atom stereocenters. The van der Waals surface area contributed by atoms with Gasteiger partial charge in [-0.15, -0.1) is 0 Å². The molecule has 30 heavy (non-hydrogen) atoms. The van der Waals surface area contributed by atoms with Crippen LogP contribution < -0.4 is 0 Å². The van der Waals surface area contributed by atoms with Crippen LogP contribution in [0.15, 0.2) is 43.0 Å². The maximum Gasteiger partial charge on any atom is 0.410 e. The summed E-state index contributed by atoms with van der Waals surface area (Å²) < 4.78 is 10.5. The minimum atomic E-state index is -1.78. The van der Waals surface area contributed by atoms with Crippen LogP contribution >= 0.6 is 0 Å². The van der Waals surface area contributed by atoms with Crippen molar-refractivity contribution in [2.45, 2.75) is 33.3 Å². The van der Waals surface area contributed by atoms with Crippen molar-refractivity contribution in [2.24, 2.45) is 5.41 Å². The predicted octanol–water partition coefficient (Wildman–Crippen LogP) is 2.64. The van der Waals surface area contributed by atoms with E-state index in [4.69, 9.17) is 9.47 Å². The van der Waals surface area contributed by atoms with Crippen LogP contribution in [0.1, 0.15) is 38.1 Å². The summed E-state index contributed by atoms with van der Waals surface area (Å²) in [4.78, 5) is 54.0. The summed E-state index contributed by atoms with van der Waals surface area (Å²) in [7, 11) is 0. The van der Waals surface area contributed by atoms with E-state index in [2.05, 4.69) is 6.58 Å². The van der Waals surface area contributed by atoms with Gasteiger partial charge in [-0.2, -0.15) is 0 Å². The highest BCUT2D eigenvalue weighted by Crippen LogP contribution is 2.28. The lowest BCUT2D eigenvalue weighted by atomic mass is 9.88. The van der Waals surface area contributed by atoms with Gasteiger partial charge in [0.25, 0.3) is 5.91 Å². The SMILES string of the molecule is C=CCOC(=O)C1(C)CN(C(=O)OC(C)(C)C)CCN(C(=O)c2ccccc2)C1=O. The van der Waals surface area contributed by atoms with Crippen molar-refractivity contribution >= 4 is 23.9 Å². The normalized spacial score (nSPS) is 19.7. The molecule has 3 amide bonds. The molecule has 1 aliphatic rings. The van der Waals surface area contributed by atoms with E-state index in [0.29, 0.717) is 5.56 Å². The van der Waals surface area contributed by atoms with Gasteiger partial charge in [0.2, 0.25) is 5.91 Å². The van der Waals surface area contributed by atoms with Gasteiger partial charge in [-0.3, -0.25) is 19.3 Å². The van der Waals surface area contributed by atoms with Crippen LogP contribution in [0.2, 0.25) is 0 Å². The third-order valence-corrected chi connectivity index (χ3v) is 4.52. The molecule has 1 fully saturated rings. The first-order chi connectivity index (χ1) is 14.0. The molecule has 8 nitrogen and oxygen atoms in total. The van der Waals surface area contributed by atoms with Crippen molar-refractivity contribution in [1.82, 2.24) is 9.80 Å². The molecule has 2 rings (SSSR count). The number of esters is 1. The molecule has 0 saturated carbocycles. The Hall–Kier alpha value is -3.16. The smallest absolute Gasteiger partial charge is 0.410 e. The molecular weight excluding hydrogens is 388 g/mol. The molecule has 1 saturated heterocycles. The predicted molar refractivity (Wildman–Crippen MR) is 110 cm³/mol. The van der Waals surface area contributed by atoms with E-state index >= 15 is 0 Å². The molecule has 1 aliphatic heterocycles. The monoisotopic (exact) mass is 416 g/mol. The summed E-state index contributed by atoms with van der Waals surface area (Å²) in [5.74, 6) is -2.11. The largest absolute Gasteiger partial charge is 0.461 e. The van der Waals surface area contributed by atoms with Crippen molar-refractivity contribution in [2.75, 3.05) is 26.2 Å². The molecular formula is C22H28N2O6. The Morgan fingerprint density at radius 1 is 1.17 bits per heavy atom. The van der Waals surface area contributed by atoms with Crippen LogP contribution in [0.4, 0.5) is 4.79 Å². The van der Waals surface area contributed by atoms with Gasteiger partial charge in [0.1, 0.15) is 12.2 Å². The van der Waals surface area contributed by atoms with E-state index in [1.807, 2.05) is 0 Å². The Balaban J connectivity index is 2.40. The summed E-state index contributed by atoms with van der Waals surface area (Å²) in [6.45, 7) is 9.61. The summed E-state index contributed by atoms with van der Waals surface area (Å²) in [5.41, 5.74) is -2.23. The Morgan fingerprint density at radius 3 is 2.37 bits per heavy atom. The van der Waals surface area contributed by atoms with Gasteiger partial charge in [0.05, 0.1) is 0 Å². The average molecular weight is 416 g/mol. The fourth-order valence-electron chi connectivity index (χ4n) is 3.01. The Labute approximate surface area is 176 Å². The van der Waals surface area contributed by atoms with Gasteiger partial charge in [0, 0.05) is 25.2 Å². The topological polar surface area (TPSA) is 93.2 Å². The maximum absolute atomic E-state index is 13.3. The second-order valence-electron chi connectivity index (χ2n) is 8.25. The average Bonchev–Trinajstić information content (AvgIpc) is 2.82. The van der Waals surface area contributed by atoms with Crippen LogP contribution in [-0.2, 0) is 19.1 Å². The second kappa shape index (κ2) is 9.11. The van der Waals surface area contributed by atoms with Gasteiger partial charge in [0.15, 0.2) is 5.41 Å². The fraction of sp³-hybridized carbons (Fsp3) is 0.455. The van der Waals surface area contributed by atoms with Crippen molar-refractivity contribution in [3.8, 4) is 0 Å². The van der Waals surface area contributed by atoms with Crippen molar-refractivity contribution in [3.63, 3.8) is 0 Å². The molecule has 162 valence electrons. The van der Waals surface area contributed by atoms with Gasteiger partial charge >= 0.3 is 12.1 Å². The highest BCUT2D eigenvalue weighted by Gasteiger charge is 2.51. The van der Waals surface area contributed by atoms with Crippen LogP contribution in [0.5, 0.6) is 0 Å². The third-order valence-electron chi connectivity index (χ3n) is 4.52. The Morgan fingerprint density at radius 2 is 1.80 bits per heavy atom. The number of carbonyl (C=O) groups excluding carboxylic acids is 4. The Kier molecular flexibility index (Phi) is 7.02. The van der Waals surface area contributed by atoms with Gasteiger partial charge in [-0.05, 0) is 39.8 Å². The molecule has 1 atom stereocenters. The van der Waals surface area contributed by atoms with E-state index in [-0.39, 0.29) is 26.2 Å². The number of hydrogen-bond acceptors (Lipinski definition) is 6. The second-order valence-corrected chi connectivity index (χ2v) is 8.25. The highest BCUT2D eigenvalue weighted by atomic mass is 16.6. The van der Waals surface area contributed by atoms with Gasteiger partial charge in [-0.25, -0.2) is 4.79 Å². The lowest BCUT2D eigenvalue weighted by Crippen LogP contribution is -2.52. The van der Waals surface area contributed by atoms with E-state index in [0.717, 1.165) is 4.90 Å². The number of amides is 3. The summed E-state index contributed by atoms with van der Waals surface area (Å²) in [5, 5.41) is 0. The number of ether oxygens (including phenoxy) is 2. The summed E-state index contributed by atoms with van der Waals surface area (Å²) in [6, 6.07) is 8.28. The van der Waals surface area contributed by atoms with Crippen molar-refractivity contribution in [3.05, 3.63) is 48.6 Å². The molecule has 0 aliphatic carbocycles. The molecule has 8 heteroatoms. The molecule has 1 heterocycles. The molecule has 0 aromatic heterocycles. The molecule has 0 bridgehead atoms. The van der Waals surface area contributed by atoms with E-state index in [1.165, 1.54) is 17.9 Å². The number of nitrogens with zero attached hydrogens (tertiary/aromatic N) is 2.